The number of hydrogen-bond donors (Lipinski definition) is 0. The second-order valence-electron chi connectivity index (χ2n) is 12.2. The summed E-state index contributed by atoms with van der Waals surface area (Å²) in [6.07, 6.45) is 0. The molecule has 224 valence electrons. The summed E-state index contributed by atoms with van der Waals surface area (Å²) in [4.78, 5) is 10.1. The van der Waals surface area contributed by atoms with Gasteiger partial charge < -0.3 is 8.98 Å². The Bertz CT molecular complexity index is 2830. The number of rotatable bonds is 4. The minimum Gasteiger partial charge on any atom is -0.454 e. The van der Waals surface area contributed by atoms with Crippen LogP contribution in [0.2, 0.25) is 0 Å². The molecule has 4 nitrogen and oxygen atoms in total. The fraction of sp³-hybridized carbons (Fsp3) is 0. The molecule has 0 aliphatic rings. The molecule has 0 N–H and O–H groups in total. The van der Waals surface area contributed by atoms with Gasteiger partial charge in [-0.05, 0) is 47.5 Å². The Morgan fingerprint density at radius 1 is 0.417 bits per heavy atom. The van der Waals surface area contributed by atoms with Crippen LogP contribution in [0, 0.1) is 0 Å². The number of fused-ring (bicyclic) bond motifs is 7. The quantitative estimate of drug-likeness (QED) is 0.198. The van der Waals surface area contributed by atoms with Gasteiger partial charge in [-0.1, -0.05) is 127 Å². The first-order valence-electron chi connectivity index (χ1n) is 16.2. The lowest BCUT2D eigenvalue weighted by molar-refractivity contribution is 0.666. The van der Waals surface area contributed by atoms with Gasteiger partial charge in [0, 0.05) is 38.1 Å². The van der Waals surface area contributed by atoms with E-state index in [0.29, 0.717) is 5.82 Å². The second kappa shape index (κ2) is 10.5. The minimum atomic E-state index is 0.672. The van der Waals surface area contributed by atoms with Crippen molar-refractivity contribution in [1.29, 1.82) is 0 Å². The summed E-state index contributed by atoms with van der Waals surface area (Å²) in [7, 11) is 0. The summed E-state index contributed by atoms with van der Waals surface area (Å²) in [5.74, 6) is 0.672. The summed E-state index contributed by atoms with van der Waals surface area (Å²) >= 11 is 0. The Balaban J connectivity index is 1.18. The van der Waals surface area contributed by atoms with Crippen molar-refractivity contribution in [3.63, 3.8) is 0 Å². The van der Waals surface area contributed by atoms with Crippen molar-refractivity contribution in [1.82, 2.24) is 14.5 Å². The standard InChI is InChI=1S/C44H27N3O/c1-3-12-28(13-4-1)30-22-24-33-32-16-8-10-20-38(32)47(40(33)26-30)39-21-11-18-35-34-25-23-31(27-41(34)48-43(35)39)44-45-37-19-9-7-17-36(37)42(46-44)29-14-5-2-6-15-29/h1-27H. The summed E-state index contributed by atoms with van der Waals surface area (Å²) in [6.45, 7) is 0. The molecule has 4 heteroatoms. The lowest BCUT2D eigenvalue weighted by Crippen LogP contribution is -1.95. The van der Waals surface area contributed by atoms with Crippen LogP contribution >= 0.6 is 0 Å². The van der Waals surface area contributed by atoms with E-state index in [0.717, 1.165) is 66.4 Å². The third-order valence-corrected chi connectivity index (χ3v) is 9.41. The number of benzene rings is 7. The van der Waals surface area contributed by atoms with E-state index in [-0.39, 0.29) is 0 Å². The van der Waals surface area contributed by atoms with E-state index in [1.165, 1.54) is 21.9 Å². The molecule has 0 radical (unpaired) electrons. The third-order valence-electron chi connectivity index (χ3n) is 9.41. The highest BCUT2D eigenvalue weighted by molar-refractivity contribution is 6.13. The normalized spacial score (nSPS) is 11.8. The molecular formula is C44H27N3O. The van der Waals surface area contributed by atoms with Crippen LogP contribution in [0.1, 0.15) is 0 Å². The topological polar surface area (TPSA) is 43.9 Å². The van der Waals surface area contributed by atoms with E-state index >= 15 is 0 Å². The van der Waals surface area contributed by atoms with Crippen molar-refractivity contribution < 1.29 is 4.42 Å². The van der Waals surface area contributed by atoms with Gasteiger partial charge in [0.1, 0.15) is 5.58 Å². The molecule has 0 spiro atoms. The van der Waals surface area contributed by atoms with Gasteiger partial charge in [-0.3, -0.25) is 0 Å². The number of nitrogens with zero attached hydrogens (tertiary/aromatic N) is 3. The smallest absolute Gasteiger partial charge is 0.160 e. The molecule has 0 saturated heterocycles. The minimum absolute atomic E-state index is 0.672. The van der Waals surface area contributed by atoms with E-state index in [9.17, 15) is 0 Å². The molecule has 48 heavy (non-hydrogen) atoms. The van der Waals surface area contributed by atoms with E-state index in [4.69, 9.17) is 14.4 Å². The molecular weight excluding hydrogens is 587 g/mol. The lowest BCUT2D eigenvalue weighted by Gasteiger charge is -2.09. The summed E-state index contributed by atoms with van der Waals surface area (Å²) in [5, 5.41) is 5.59. The summed E-state index contributed by atoms with van der Waals surface area (Å²) < 4.78 is 9.16. The van der Waals surface area contributed by atoms with Gasteiger partial charge in [-0.25, -0.2) is 9.97 Å². The van der Waals surface area contributed by atoms with Crippen LogP contribution in [0.15, 0.2) is 168 Å². The molecule has 0 saturated carbocycles. The van der Waals surface area contributed by atoms with Gasteiger partial charge in [-0.15, -0.1) is 0 Å². The molecule has 0 amide bonds. The number of furan rings is 1. The number of para-hydroxylation sites is 3. The van der Waals surface area contributed by atoms with Crippen LogP contribution in [0.4, 0.5) is 0 Å². The lowest BCUT2D eigenvalue weighted by atomic mass is 10.0. The Kier molecular flexibility index (Phi) is 5.84. The monoisotopic (exact) mass is 613 g/mol. The maximum Gasteiger partial charge on any atom is 0.160 e. The molecule has 0 bridgehead atoms. The average molecular weight is 614 g/mol. The Morgan fingerprint density at radius 2 is 1.08 bits per heavy atom. The molecule has 10 rings (SSSR count). The van der Waals surface area contributed by atoms with Gasteiger partial charge in [0.15, 0.2) is 11.4 Å². The van der Waals surface area contributed by atoms with E-state index in [1.54, 1.807) is 0 Å². The first-order chi connectivity index (χ1) is 23.8. The van der Waals surface area contributed by atoms with Gasteiger partial charge in [-0.2, -0.15) is 0 Å². The molecule has 0 aliphatic carbocycles. The Hall–Kier alpha value is -6.52. The van der Waals surface area contributed by atoms with Crippen molar-refractivity contribution in [3.8, 4) is 39.5 Å². The molecule has 0 unspecified atom stereocenters. The van der Waals surface area contributed by atoms with Crippen LogP contribution in [0.3, 0.4) is 0 Å². The summed E-state index contributed by atoms with van der Waals surface area (Å²) in [6, 6.07) is 57.2. The number of aromatic nitrogens is 3. The van der Waals surface area contributed by atoms with Crippen molar-refractivity contribution in [3.05, 3.63) is 164 Å². The maximum absolute atomic E-state index is 6.81. The molecule has 0 aliphatic heterocycles. The molecule has 0 atom stereocenters. The molecule has 7 aromatic carbocycles. The van der Waals surface area contributed by atoms with Crippen LogP contribution in [-0.2, 0) is 0 Å². The van der Waals surface area contributed by atoms with Gasteiger partial charge >= 0.3 is 0 Å². The predicted octanol–water partition coefficient (Wildman–Crippen LogP) is 11.6. The van der Waals surface area contributed by atoms with Crippen LogP contribution < -0.4 is 0 Å². The van der Waals surface area contributed by atoms with Crippen LogP contribution in [-0.4, -0.2) is 14.5 Å². The zero-order valence-corrected chi connectivity index (χ0v) is 25.8. The molecule has 0 fully saturated rings. The SMILES string of the molecule is c1ccc(-c2ccc3c4ccccc4n(-c4cccc5c4oc4cc(-c6nc(-c7ccccc7)c7ccccc7n6)ccc45)c3c2)cc1. The average Bonchev–Trinajstić information content (AvgIpc) is 3.70. The van der Waals surface area contributed by atoms with Crippen molar-refractivity contribution in [2.45, 2.75) is 0 Å². The van der Waals surface area contributed by atoms with Gasteiger partial charge in [0.25, 0.3) is 0 Å². The van der Waals surface area contributed by atoms with E-state index in [1.807, 2.05) is 36.4 Å². The first-order valence-corrected chi connectivity index (χ1v) is 16.2. The number of hydrogen-bond acceptors (Lipinski definition) is 3. The van der Waals surface area contributed by atoms with E-state index in [2.05, 4.69) is 132 Å². The zero-order valence-electron chi connectivity index (χ0n) is 25.8. The highest BCUT2D eigenvalue weighted by atomic mass is 16.3. The first kappa shape index (κ1) is 26.7. The fourth-order valence-electron chi connectivity index (χ4n) is 7.16. The largest absolute Gasteiger partial charge is 0.454 e. The molecule has 3 heterocycles. The fourth-order valence-corrected chi connectivity index (χ4v) is 7.16. The summed E-state index contributed by atoms with van der Waals surface area (Å²) in [5.41, 5.74) is 11.1. The molecule has 10 aromatic rings. The second-order valence-corrected chi connectivity index (χ2v) is 12.2. The van der Waals surface area contributed by atoms with Gasteiger partial charge in [0.2, 0.25) is 0 Å². The van der Waals surface area contributed by atoms with Crippen LogP contribution in [0.5, 0.6) is 0 Å². The maximum atomic E-state index is 6.81. The van der Waals surface area contributed by atoms with Crippen molar-refractivity contribution in [2.75, 3.05) is 0 Å². The Morgan fingerprint density at radius 3 is 1.94 bits per heavy atom. The van der Waals surface area contributed by atoms with E-state index < -0.39 is 0 Å². The third kappa shape index (κ3) is 4.10. The predicted molar refractivity (Wildman–Crippen MR) is 197 cm³/mol. The molecule has 3 aromatic heterocycles. The van der Waals surface area contributed by atoms with Crippen LogP contribution in [0.25, 0.3) is 94.1 Å². The van der Waals surface area contributed by atoms with Crippen molar-refractivity contribution >= 4 is 54.6 Å². The van der Waals surface area contributed by atoms with Crippen molar-refractivity contribution in [2.24, 2.45) is 0 Å². The highest BCUT2D eigenvalue weighted by Crippen LogP contribution is 2.40. The highest BCUT2D eigenvalue weighted by Gasteiger charge is 2.19. The van der Waals surface area contributed by atoms with Gasteiger partial charge in [0.05, 0.1) is 27.9 Å². The zero-order chi connectivity index (χ0) is 31.6. The Labute approximate surface area is 276 Å².